The highest BCUT2D eigenvalue weighted by molar-refractivity contribution is 5.91. The van der Waals surface area contributed by atoms with E-state index in [1.165, 1.54) is 25.2 Å². The number of carbonyl (C=O) groups excluding carboxylic acids is 3. The Morgan fingerprint density at radius 3 is 2.43 bits per heavy atom. The molecule has 1 aromatic carbocycles. The van der Waals surface area contributed by atoms with Crippen molar-refractivity contribution in [3.63, 3.8) is 0 Å². The van der Waals surface area contributed by atoms with Crippen LogP contribution in [0.1, 0.15) is 59.1 Å². The minimum absolute atomic E-state index is 0.172. The quantitative estimate of drug-likeness (QED) is 0.217. The van der Waals surface area contributed by atoms with Gasteiger partial charge in [-0.1, -0.05) is 39.8 Å². The zero-order valence-corrected chi connectivity index (χ0v) is 27.8. The summed E-state index contributed by atoms with van der Waals surface area (Å²) < 4.78 is 53.0. The van der Waals surface area contributed by atoms with Crippen LogP contribution in [0.3, 0.4) is 0 Å². The summed E-state index contributed by atoms with van der Waals surface area (Å²) in [5.74, 6) is -5.24. The minimum Gasteiger partial charge on any atom is -0.497 e. The summed E-state index contributed by atoms with van der Waals surface area (Å²) in [7, 11) is 2.67. The van der Waals surface area contributed by atoms with Gasteiger partial charge in [-0.05, 0) is 36.8 Å². The van der Waals surface area contributed by atoms with E-state index in [0.717, 1.165) is 6.08 Å². The van der Waals surface area contributed by atoms with Crippen molar-refractivity contribution in [1.29, 1.82) is 0 Å². The van der Waals surface area contributed by atoms with Crippen LogP contribution in [-0.4, -0.2) is 77.9 Å². The van der Waals surface area contributed by atoms with Gasteiger partial charge in [-0.25, -0.2) is 19.6 Å². The molecule has 0 bridgehead atoms. The molecular weight excluding hydrogens is 614 g/mol. The van der Waals surface area contributed by atoms with Crippen LogP contribution in [0.4, 0.5) is 13.6 Å². The van der Waals surface area contributed by atoms with Gasteiger partial charge in [-0.3, -0.25) is 4.79 Å². The topological polar surface area (TPSA) is 129 Å². The number of amides is 2. The van der Waals surface area contributed by atoms with Gasteiger partial charge in [0.25, 0.3) is 5.92 Å². The number of nitrogens with one attached hydrogen (secondary N) is 1. The van der Waals surface area contributed by atoms with Crippen molar-refractivity contribution in [3.05, 3.63) is 49.2 Å². The number of fused-ring (bicyclic) bond motifs is 1. The second kappa shape index (κ2) is 14.2. The number of methoxy groups -OCH3 is 2. The number of carbonyl (C=O) groups is 3. The molecular formula is C34H44F2N4O7. The maximum absolute atomic E-state index is 15.5. The molecule has 11 nitrogen and oxygen atoms in total. The van der Waals surface area contributed by atoms with E-state index in [0.29, 0.717) is 25.0 Å². The number of alkyl carbamates (subject to hydrolysis) is 1. The first kappa shape index (κ1) is 35.6. The van der Waals surface area contributed by atoms with Crippen LogP contribution >= 0.6 is 0 Å². The second-order valence-corrected chi connectivity index (χ2v) is 13.0. The molecule has 2 aromatic rings. The molecule has 1 saturated carbocycles. The maximum atomic E-state index is 15.5. The number of aromatic nitrogens is 2. The zero-order valence-electron chi connectivity index (χ0n) is 27.8. The average molecular weight is 659 g/mol. The fourth-order valence-corrected chi connectivity index (χ4v) is 5.95. The van der Waals surface area contributed by atoms with Gasteiger partial charge in [-0.2, -0.15) is 8.78 Å². The molecule has 1 aromatic heterocycles. The predicted octanol–water partition coefficient (Wildman–Crippen LogP) is 5.57. The lowest BCUT2D eigenvalue weighted by atomic mass is 9.85. The molecule has 1 unspecified atom stereocenters. The first-order valence-corrected chi connectivity index (χ1v) is 15.7. The van der Waals surface area contributed by atoms with Gasteiger partial charge < -0.3 is 29.2 Å². The minimum atomic E-state index is -3.48. The highest BCUT2D eigenvalue weighted by atomic mass is 19.3. The van der Waals surface area contributed by atoms with Crippen molar-refractivity contribution in [1.82, 2.24) is 20.2 Å². The summed E-state index contributed by atoms with van der Waals surface area (Å²) in [4.78, 5) is 50.3. The number of benzene rings is 1. The lowest BCUT2D eigenvalue weighted by Gasteiger charge is -2.35. The van der Waals surface area contributed by atoms with Crippen molar-refractivity contribution in [2.75, 3.05) is 20.8 Å². The van der Waals surface area contributed by atoms with Gasteiger partial charge in [0.05, 0.1) is 31.8 Å². The highest BCUT2D eigenvalue weighted by Gasteiger charge is 2.52. The van der Waals surface area contributed by atoms with Crippen LogP contribution in [0, 0.1) is 17.3 Å². The van der Waals surface area contributed by atoms with Gasteiger partial charge >= 0.3 is 12.1 Å². The van der Waals surface area contributed by atoms with E-state index in [1.54, 1.807) is 45.9 Å². The molecule has 2 fully saturated rings. The Balaban J connectivity index is 1.69. The third kappa shape index (κ3) is 7.82. The molecule has 47 heavy (non-hydrogen) atoms. The molecule has 1 N–H and O–H groups in total. The van der Waals surface area contributed by atoms with Crippen LogP contribution in [0.2, 0.25) is 0 Å². The number of halogens is 2. The number of esters is 1. The Bertz CT molecular complexity index is 1510. The van der Waals surface area contributed by atoms with E-state index in [1.807, 2.05) is 0 Å². The van der Waals surface area contributed by atoms with Gasteiger partial charge in [0.2, 0.25) is 11.8 Å². The normalized spacial score (nSPS) is 23.1. The SMILES string of the molecule is C=CCC1C[C@H]1OC(=O)N[C@H](C(=O)N1C[C@H](Oc2nc3cc(OC)ccc3nc2C(F)(F)CC=C)[C@@H](CC)[C@H]1C(=O)OC)C(C)(C)C. The van der Waals surface area contributed by atoms with E-state index in [-0.39, 0.29) is 29.6 Å². The van der Waals surface area contributed by atoms with Gasteiger partial charge in [0, 0.05) is 24.3 Å². The Kier molecular flexibility index (Phi) is 10.8. The van der Waals surface area contributed by atoms with Crippen LogP contribution in [0.25, 0.3) is 11.0 Å². The zero-order chi connectivity index (χ0) is 34.7. The fraction of sp³-hybridized carbons (Fsp3) is 0.559. The summed E-state index contributed by atoms with van der Waals surface area (Å²) in [6, 6.07) is 2.42. The molecule has 6 atom stereocenters. The lowest BCUT2D eigenvalue weighted by molar-refractivity contribution is -0.154. The maximum Gasteiger partial charge on any atom is 0.408 e. The summed E-state index contributed by atoms with van der Waals surface area (Å²) >= 11 is 0. The lowest BCUT2D eigenvalue weighted by Crippen LogP contribution is -2.57. The summed E-state index contributed by atoms with van der Waals surface area (Å²) in [6.45, 7) is 14.1. The largest absolute Gasteiger partial charge is 0.497 e. The predicted molar refractivity (Wildman–Crippen MR) is 170 cm³/mol. The summed E-state index contributed by atoms with van der Waals surface area (Å²) in [6.07, 6.45) is 1.89. The number of alkyl halides is 2. The fourth-order valence-electron chi connectivity index (χ4n) is 5.95. The van der Waals surface area contributed by atoms with Crippen molar-refractivity contribution in [3.8, 4) is 11.6 Å². The van der Waals surface area contributed by atoms with Crippen molar-refractivity contribution >= 4 is 29.0 Å². The van der Waals surface area contributed by atoms with Gasteiger partial charge in [0.1, 0.15) is 30.0 Å². The summed E-state index contributed by atoms with van der Waals surface area (Å²) in [5, 5.41) is 2.70. The van der Waals surface area contributed by atoms with Crippen LogP contribution in [0.5, 0.6) is 11.6 Å². The van der Waals surface area contributed by atoms with Crippen molar-refractivity contribution < 1.29 is 42.1 Å². The summed E-state index contributed by atoms with van der Waals surface area (Å²) in [5.41, 5.74) is -1.05. The smallest absolute Gasteiger partial charge is 0.408 e. The van der Waals surface area contributed by atoms with Crippen molar-refractivity contribution in [2.45, 2.75) is 83.6 Å². The first-order chi connectivity index (χ1) is 22.2. The number of allylic oxidation sites excluding steroid dienone is 2. The van der Waals surface area contributed by atoms with Gasteiger partial charge in [0.15, 0.2) is 5.69 Å². The molecule has 256 valence electrons. The molecule has 1 aliphatic heterocycles. The van der Waals surface area contributed by atoms with E-state index in [9.17, 15) is 14.4 Å². The van der Waals surface area contributed by atoms with Crippen LogP contribution in [-0.2, 0) is 25.0 Å². The van der Waals surface area contributed by atoms with E-state index in [2.05, 4.69) is 28.4 Å². The molecule has 1 aliphatic carbocycles. The van der Waals surface area contributed by atoms with E-state index >= 15 is 8.78 Å². The molecule has 1 saturated heterocycles. The third-order valence-electron chi connectivity index (χ3n) is 8.60. The Hall–Kier alpha value is -4.29. The van der Waals surface area contributed by atoms with Gasteiger partial charge in [-0.15, -0.1) is 13.2 Å². The highest BCUT2D eigenvalue weighted by Crippen LogP contribution is 2.41. The molecule has 0 spiro atoms. The van der Waals surface area contributed by atoms with E-state index < -0.39 is 71.4 Å². The number of likely N-dealkylation sites (tertiary alicyclic amines) is 1. The average Bonchev–Trinajstić information content (AvgIpc) is 3.64. The van der Waals surface area contributed by atoms with E-state index in [4.69, 9.17) is 18.9 Å². The third-order valence-corrected chi connectivity index (χ3v) is 8.60. The Morgan fingerprint density at radius 1 is 1.11 bits per heavy atom. The number of nitrogens with zero attached hydrogens (tertiary/aromatic N) is 3. The van der Waals surface area contributed by atoms with Crippen LogP contribution < -0.4 is 14.8 Å². The van der Waals surface area contributed by atoms with Crippen molar-refractivity contribution in [2.24, 2.45) is 17.3 Å². The molecule has 2 amide bonds. The second-order valence-electron chi connectivity index (χ2n) is 13.0. The monoisotopic (exact) mass is 658 g/mol. The Labute approximate surface area is 273 Å². The number of hydrogen-bond acceptors (Lipinski definition) is 9. The number of hydrogen-bond donors (Lipinski definition) is 1. The molecule has 4 rings (SSSR count). The number of rotatable bonds is 13. The standard InChI is InChI=1S/C34H44F2N4O7/c1-9-12-19-16-24(19)47-32(43)39-28(33(4,5)6)30(41)40-18-25(21(11-3)26(40)31(42)45-8)46-29-27(34(35,36)15-10-2)37-22-14-13-20(44-7)17-23(22)38-29/h9-10,13-14,17,19,21,24-26,28H,1-2,11-12,15-16,18H2,3-8H3,(H,39,43)/t19?,21-,24-,25+,26+,28-/m1/s1. The molecule has 0 radical (unpaired) electrons. The number of ether oxygens (including phenoxy) is 4. The first-order valence-electron chi connectivity index (χ1n) is 15.7. The molecule has 2 heterocycles. The molecule has 2 aliphatic rings. The van der Waals surface area contributed by atoms with Crippen LogP contribution in [0.15, 0.2) is 43.5 Å². The Morgan fingerprint density at radius 2 is 1.83 bits per heavy atom. The molecule has 13 heteroatoms.